The van der Waals surface area contributed by atoms with Gasteiger partial charge >= 0.3 is 0 Å². The monoisotopic (exact) mass is 281 g/mol. The van der Waals surface area contributed by atoms with E-state index < -0.39 is 9.84 Å². The second-order valence-electron chi connectivity index (χ2n) is 4.79. The van der Waals surface area contributed by atoms with Gasteiger partial charge in [-0.2, -0.15) is 0 Å². The first-order valence-electron chi connectivity index (χ1n) is 6.18. The normalized spacial score (nSPS) is 19.6. The summed E-state index contributed by atoms with van der Waals surface area (Å²) in [5.74, 6) is 1.93. The lowest BCUT2D eigenvalue weighted by atomic mass is 10.1. The SMILES string of the molecule is Cc1nnc2c(NC3CCS(=O)(=O)CC3)nccn12. The maximum absolute atomic E-state index is 11.4. The maximum Gasteiger partial charge on any atom is 0.203 e. The van der Waals surface area contributed by atoms with Crippen LogP contribution < -0.4 is 5.32 Å². The number of rotatable bonds is 2. The topological polar surface area (TPSA) is 89.2 Å². The molecule has 0 unspecified atom stereocenters. The van der Waals surface area contributed by atoms with Crippen molar-refractivity contribution in [3.8, 4) is 0 Å². The number of hydrogen-bond acceptors (Lipinski definition) is 6. The summed E-state index contributed by atoms with van der Waals surface area (Å²) in [5, 5.41) is 11.4. The van der Waals surface area contributed by atoms with Gasteiger partial charge in [-0.1, -0.05) is 0 Å². The van der Waals surface area contributed by atoms with Gasteiger partial charge in [0, 0.05) is 18.4 Å². The largest absolute Gasteiger partial charge is 0.364 e. The van der Waals surface area contributed by atoms with E-state index in [0.29, 0.717) is 24.3 Å². The predicted octanol–water partition coefficient (Wildman–Crippen LogP) is 0.422. The highest BCUT2D eigenvalue weighted by Gasteiger charge is 2.24. The van der Waals surface area contributed by atoms with Crippen LogP contribution in [0, 0.1) is 6.92 Å². The third kappa shape index (κ3) is 2.40. The Hall–Kier alpha value is -1.70. The second-order valence-corrected chi connectivity index (χ2v) is 7.09. The standard InChI is InChI=1S/C11H15N5O2S/c1-8-14-15-11-10(12-4-5-16(8)11)13-9-2-6-19(17,18)7-3-9/h4-5,9H,2-3,6-7H2,1H3,(H,12,13). The molecule has 0 aromatic carbocycles. The molecular weight excluding hydrogens is 266 g/mol. The van der Waals surface area contributed by atoms with Gasteiger partial charge in [-0.05, 0) is 19.8 Å². The highest BCUT2D eigenvalue weighted by atomic mass is 32.2. The van der Waals surface area contributed by atoms with E-state index in [9.17, 15) is 8.42 Å². The Labute approximate surface area is 111 Å². The highest BCUT2D eigenvalue weighted by Crippen LogP contribution is 2.19. The lowest BCUT2D eigenvalue weighted by Gasteiger charge is -2.23. The fraction of sp³-hybridized carbons (Fsp3) is 0.545. The Kier molecular flexibility index (Phi) is 2.89. The molecule has 0 saturated carbocycles. The molecule has 0 spiro atoms. The molecule has 2 aromatic rings. The van der Waals surface area contributed by atoms with Crippen molar-refractivity contribution >= 4 is 21.3 Å². The van der Waals surface area contributed by atoms with Crippen molar-refractivity contribution in [1.29, 1.82) is 0 Å². The first-order valence-corrected chi connectivity index (χ1v) is 8.00. The van der Waals surface area contributed by atoms with E-state index in [4.69, 9.17) is 0 Å². The summed E-state index contributed by atoms with van der Waals surface area (Å²) in [7, 11) is -2.84. The number of fused-ring (bicyclic) bond motifs is 1. The lowest BCUT2D eigenvalue weighted by Crippen LogP contribution is -2.32. The van der Waals surface area contributed by atoms with Crippen LogP contribution in [0.15, 0.2) is 12.4 Å². The van der Waals surface area contributed by atoms with Crippen LogP contribution in [-0.2, 0) is 9.84 Å². The summed E-state index contributed by atoms with van der Waals surface area (Å²) in [6.07, 6.45) is 4.71. The van der Waals surface area contributed by atoms with Crippen molar-refractivity contribution in [2.75, 3.05) is 16.8 Å². The smallest absolute Gasteiger partial charge is 0.203 e. The van der Waals surface area contributed by atoms with E-state index in [2.05, 4.69) is 20.5 Å². The number of hydrogen-bond donors (Lipinski definition) is 1. The molecule has 102 valence electrons. The summed E-state index contributed by atoms with van der Waals surface area (Å²) >= 11 is 0. The van der Waals surface area contributed by atoms with Crippen LogP contribution in [0.25, 0.3) is 5.65 Å². The number of anilines is 1. The van der Waals surface area contributed by atoms with E-state index in [1.807, 2.05) is 11.3 Å². The molecule has 1 saturated heterocycles. The number of nitrogens with zero attached hydrogens (tertiary/aromatic N) is 4. The molecule has 19 heavy (non-hydrogen) atoms. The van der Waals surface area contributed by atoms with Crippen molar-refractivity contribution in [2.24, 2.45) is 0 Å². The third-order valence-electron chi connectivity index (χ3n) is 3.39. The number of aryl methyl sites for hydroxylation is 1. The van der Waals surface area contributed by atoms with Gasteiger partial charge in [0.05, 0.1) is 11.5 Å². The summed E-state index contributed by atoms with van der Waals surface area (Å²) < 4.78 is 24.6. The van der Waals surface area contributed by atoms with Crippen LogP contribution in [0.4, 0.5) is 5.82 Å². The van der Waals surface area contributed by atoms with E-state index in [0.717, 1.165) is 5.82 Å². The number of sulfone groups is 1. The Morgan fingerprint density at radius 1 is 1.32 bits per heavy atom. The van der Waals surface area contributed by atoms with Gasteiger partial charge in [0.1, 0.15) is 15.7 Å². The Bertz CT molecular complexity index is 695. The molecular formula is C11H15N5O2S. The Balaban J connectivity index is 1.82. The Morgan fingerprint density at radius 2 is 2.05 bits per heavy atom. The molecule has 1 aliphatic rings. The van der Waals surface area contributed by atoms with Gasteiger partial charge in [0.2, 0.25) is 5.65 Å². The quantitative estimate of drug-likeness (QED) is 0.858. The van der Waals surface area contributed by atoms with Crippen molar-refractivity contribution in [2.45, 2.75) is 25.8 Å². The minimum Gasteiger partial charge on any atom is -0.364 e. The van der Waals surface area contributed by atoms with E-state index in [1.54, 1.807) is 12.4 Å². The summed E-state index contributed by atoms with van der Waals surface area (Å²) in [6.45, 7) is 1.87. The second kappa shape index (κ2) is 4.44. The fourth-order valence-electron chi connectivity index (χ4n) is 2.27. The van der Waals surface area contributed by atoms with Crippen LogP contribution >= 0.6 is 0 Å². The first kappa shape index (κ1) is 12.3. The zero-order chi connectivity index (χ0) is 13.5. The van der Waals surface area contributed by atoms with Gasteiger partial charge in [-0.3, -0.25) is 4.40 Å². The van der Waals surface area contributed by atoms with Crippen LogP contribution in [-0.4, -0.2) is 45.5 Å². The lowest BCUT2D eigenvalue weighted by molar-refractivity contribution is 0.559. The number of aromatic nitrogens is 4. The molecule has 3 heterocycles. The van der Waals surface area contributed by atoms with E-state index in [-0.39, 0.29) is 17.5 Å². The van der Waals surface area contributed by atoms with E-state index in [1.165, 1.54) is 0 Å². The molecule has 0 atom stereocenters. The molecule has 0 radical (unpaired) electrons. The summed E-state index contributed by atoms with van der Waals surface area (Å²) in [4.78, 5) is 4.27. The third-order valence-corrected chi connectivity index (χ3v) is 5.11. The van der Waals surface area contributed by atoms with Crippen LogP contribution in [0.1, 0.15) is 18.7 Å². The van der Waals surface area contributed by atoms with Gasteiger partial charge in [-0.15, -0.1) is 10.2 Å². The van der Waals surface area contributed by atoms with Crippen molar-refractivity contribution < 1.29 is 8.42 Å². The van der Waals surface area contributed by atoms with Crippen molar-refractivity contribution in [3.63, 3.8) is 0 Å². The molecule has 0 amide bonds. The minimum absolute atomic E-state index is 0.124. The maximum atomic E-state index is 11.4. The zero-order valence-electron chi connectivity index (χ0n) is 10.6. The molecule has 8 heteroatoms. The molecule has 3 rings (SSSR count). The number of nitrogens with one attached hydrogen (secondary N) is 1. The molecule has 1 N–H and O–H groups in total. The van der Waals surface area contributed by atoms with E-state index >= 15 is 0 Å². The molecule has 1 aliphatic heterocycles. The van der Waals surface area contributed by atoms with Crippen LogP contribution in [0.5, 0.6) is 0 Å². The average Bonchev–Trinajstić information content (AvgIpc) is 2.75. The highest BCUT2D eigenvalue weighted by molar-refractivity contribution is 7.91. The van der Waals surface area contributed by atoms with Gasteiger partial charge in [-0.25, -0.2) is 13.4 Å². The minimum atomic E-state index is -2.84. The predicted molar refractivity (Wildman–Crippen MR) is 70.8 cm³/mol. The zero-order valence-corrected chi connectivity index (χ0v) is 11.4. The van der Waals surface area contributed by atoms with Gasteiger partial charge in [0.25, 0.3) is 0 Å². The van der Waals surface area contributed by atoms with Crippen molar-refractivity contribution in [3.05, 3.63) is 18.2 Å². The molecule has 0 bridgehead atoms. The molecule has 2 aromatic heterocycles. The van der Waals surface area contributed by atoms with Gasteiger partial charge in [0.15, 0.2) is 5.82 Å². The molecule has 7 nitrogen and oxygen atoms in total. The van der Waals surface area contributed by atoms with Crippen LogP contribution in [0.3, 0.4) is 0 Å². The van der Waals surface area contributed by atoms with Crippen molar-refractivity contribution in [1.82, 2.24) is 19.6 Å². The fourth-order valence-corrected chi connectivity index (χ4v) is 3.76. The summed E-state index contributed by atoms with van der Waals surface area (Å²) in [6, 6.07) is 0.124. The van der Waals surface area contributed by atoms with Crippen LogP contribution in [0.2, 0.25) is 0 Å². The average molecular weight is 281 g/mol. The Morgan fingerprint density at radius 3 is 2.79 bits per heavy atom. The summed E-state index contributed by atoms with van der Waals surface area (Å²) in [5.41, 5.74) is 0.674. The molecule has 1 fully saturated rings. The first-order chi connectivity index (χ1) is 9.05. The van der Waals surface area contributed by atoms with Gasteiger partial charge < -0.3 is 5.32 Å². The molecule has 0 aliphatic carbocycles.